The molecule has 0 saturated heterocycles. The summed E-state index contributed by atoms with van der Waals surface area (Å²) >= 11 is 11.6. The molecule has 0 amide bonds. The topological polar surface area (TPSA) is 38.4 Å². The molecule has 0 aliphatic heterocycles. The van der Waals surface area contributed by atoms with Gasteiger partial charge in [0.15, 0.2) is 0 Å². The molecule has 0 saturated carbocycles. The number of hydrogen-bond acceptors (Lipinski definition) is 1. The first-order valence-corrected chi connectivity index (χ1v) is 4.08. The molecule has 0 spiro atoms. The number of rotatable bonds is 1. The van der Waals surface area contributed by atoms with Gasteiger partial charge in [0.1, 0.15) is 5.84 Å². The molecule has 1 aromatic carbocycles. The van der Waals surface area contributed by atoms with Crippen molar-refractivity contribution in [3.05, 3.63) is 33.8 Å². The first-order valence-electron chi connectivity index (χ1n) is 3.33. The Morgan fingerprint density at radius 3 is 2.58 bits per heavy atom. The second kappa shape index (κ2) is 3.78. The predicted molar refractivity (Wildman–Crippen MR) is 53.1 cm³/mol. The fourth-order valence-corrected chi connectivity index (χ4v) is 1.32. The van der Waals surface area contributed by atoms with Crippen LogP contribution in [-0.4, -0.2) is 12.9 Å². The molecule has 2 nitrogen and oxygen atoms in total. The van der Waals surface area contributed by atoms with Gasteiger partial charge in [0.25, 0.3) is 0 Å². The zero-order valence-electron chi connectivity index (χ0n) is 6.51. The molecule has 1 aromatic rings. The van der Waals surface area contributed by atoms with Crippen molar-refractivity contribution in [2.24, 2.45) is 10.7 Å². The van der Waals surface area contributed by atoms with E-state index in [2.05, 4.69) is 4.99 Å². The summed E-state index contributed by atoms with van der Waals surface area (Å²) in [5.74, 6) is 0.414. The van der Waals surface area contributed by atoms with Crippen LogP contribution in [0.15, 0.2) is 23.2 Å². The highest BCUT2D eigenvalue weighted by atomic mass is 35.5. The minimum Gasteiger partial charge on any atom is -0.383 e. The van der Waals surface area contributed by atoms with Gasteiger partial charge in [-0.25, -0.2) is 0 Å². The van der Waals surface area contributed by atoms with Gasteiger partial charge in [-0.1, -0.05) is 23.2 Å². The maximum Gasteiger partial charge on any atom is 0.126 e. The molecule has 2 N–H and O–H groups in total. The summed E-state index contributed by atoms with van der Waals surface area (Å²) in [6.45, 7) is 0. The van der Waals surface area contributed by atoms with E-state index in [0.717, 1.165) is 0 Å². The van der Waals surface area contributed by atoms with Gasteiger partial charge in [0.05, 0.1) is 5.02 Å². The zero-order chi connectivity index (χ0) is 9.14. The quantitative estimate of drug-likeness (QED) is 0.552. The minimum atomic E-state index is 0.414. The van der Waals surface area contributed by atoms with Gasteiger partial charge in [0.2, 0.25) is 0 Å². The monoisotopic (exact) mass is 202 g/mol. The van der Waals surface area contributed by atoms with Crippen molar-refractivity contribution < 1.29 is 0 Å². The summed E-state index contributed by atoms with van der Waals surface area (Å²) in [6, 6.07) is 5.10. The first-order chi connectivity index (χ1) is 5.65. The van der Waals surface area contributed by atoms with Crippen molar-refractivity contribution in [3.63, 3.8) is 0 Å². The van der Waals surface area contributed by atoms with Crippen LogP contribution in [0.3, 0.4) is 0 Å². The van der Waals surface area contributed by atoms with Gasteiger partial charge in [-0.3, -0.25) is 4.99 Å². The van der Waals surface area contributed by atoms with E-state index < -0.39 is 0 Å². The summed E-state index contributed by atoms with van der Waals surface area (Å²) in [5.41, 5.74) is 6.28. The average molecular weight is 203 g/mol. The van der Waals surface area contributed by atoms with Crippen molar-refractivity contribution in [1.29, 1.82) is 0 Å². The van der Waals surface area contributed by atoms with E-state index in [-0.39, 0.29) is 0 Å². The van der Waals surface area contributed by atoms with Gasteiger partial charge in [0, 0.05) is 17.6 Å². The highest BCUT2D eigenvalue weighted by molar-refractivity contribution is 6.36. The normalized spacial score (nSPS) is 11.8. The third-order valence-corrected chi connectivity index (χ3v) is 2.00. The number of aliphatic imine (C=N–C) groups is 1. The molecule has 0 radical (unpaired) electrons. The maximum atomic E-state index is 5.86. The number of nitrogens with two attached hydrogens (primary N) is 1. The summed E-state index contributed by atoms with van der Waals surface area (Å²) in [7, 11) is 1.61. The molecule has 0 bridgehead atoms. The van der Waals surface area contributed by atoms with Crippen LogP contribution >= 0.6 is 23.2 Å². The SMILES string of the molecule is CN=C(N)c1ccc(Cl)cc1Cl. The van der Waals surface area contributed by atoms with E-state index in [1.807, 2.05) is 0 Å². The molecular formula is C8H8Cl2N2. The molecule has 0 unspecified atom stereocenters. The van der Waals surface area contributed by atoms with Crippen molar-refractivity contribution in [2.45, 2.75) is 0 Å². The van der Waals surface area contributed by atoms with E-state index in [1.165, 1.54) is 0 Å². The third kappa shape index (κ3) is 1.90. The minimum absolute atomic E-state index is 0.414. The van der Waals surface area contributed by atoms with E-state index in [0.29, 0.717) is 21.4 Å². The van der Waals surface area contributed by atoms with Crippen LogP contribution in [0.2, 0.25) is 10.0 Å². The predicted octanol–water partition coefficient (Wildman–Crippen LogP) is 2.33. The Balaban J connectivity index is 3.18. The van der Waals surface area contributed by atoms with Crippen LogP contribution in [0, 0.1) is 0 Å². The highest BCUT2D eigenvalue weighted by Gasteiger charge is 2.03. The molecule has 1 rings (SSSR count). The van der Waals surface area contributed by atoms with E-state index in [4.69, 9.17) is 28.9 Å². The van der Waals surface area contributed by atoms with Crippen molar-refractivity contribution in [3.8, 4) is 0 Å². The number of halogens is 2. The Morgan fingerprint density at radius 1 is 1.42 bits per heavy atom. The largest absolute Gasteiger partial charge is 0.383 e. The van der Waals surface area contributed by atoms with Crippen LogP contribution in [0.4, 0.5) is 0 Å². The lowest BCUT2D eigenvalue weighted by Gasteiger charge is -2.02. The Bertz CT molecular complexity index is 321. The molecule has 4 heteroatoms. The van der Waals surface area contributed by atoms with Crippen LogP contribution in [0.5, 0.6) is 0 Å². The molecule has 64 valence electrons. The third-order valence-electron chi connectivity index (χ3n) is 1.45. The van der Waals surface area contributed by atoms with Gasteiger partial charge in [-0.15, -0.1) is 0 Å². The van der Waals surface area contributed by atoms with E-state index >= 15 is 0 Å². The Kier molecular flexibility index (Phi) is 2.95. The Morgan fingerprint density at radius 2 is 2.08 bits per heavy atom. The zero-order valence-corrected chi connectivity index (χ0v) is 8.02. The molecule has 0 aliphatic rings. The van der Waals surface area contributed by atoms with Gasteiger partial charge in [-0.05, 0) is 18.2 Å². The summed E-state index contributed by atoms with van der Waals surface area (Å²) < 4.78 is 0. The molecule has 0 aromatic heterocycles. The number of nitrogens with zero attached hydrogens (tertiary/aromatic N) is 1. The Hall–Kier alpha value is -0.730. The smallest absolute Gasteiger partial charge is 0.126 e. The van der Waals surface area contributed by atoms with Gasteiger partial charge >= 0.3 is 0 Å². The van der Waals surface area contributed by atoms with Crippen LogP contribution in [0.25, 0.3) is 0 Å². The molecule has 0 atom stereocenters. The number of hydrogen-bond donors (Lipinski definition) is 1. The number of amidine groups is 1. The van der Waals surface area contributed by atoms with Crippen LogP contribution in [-0.2, 0) is 0 Å². The maximum absolute atomic E-state index is 5.86. The fourth-order valence-electron chi connectivity index (χ4n) is 0.818. The highest BCUT2D eigenvalue weighted by Crippen LogP contribution is 2.20. The summed E-state index contributed by atoms with van der Waals surface area (Å²) in [4.78, 5) is 3.82. The van der Waals surface area contributed by atoms with Crippen molar-refractivity contribution in [2.75, 3.05) is 7.05 Å². The number of benzene rings is 1. The fraction of sp³-hybridized carbons (Fsp3) is 0.125. The van der Waals surface area contributed by atoms with Gasteiger partial charge < -0.3 is 5.73 Å². The second-order valence-electron chi connectivity index (χ2n) is 2.23. The molecule has 0 heterocycles. The Labute approximate surface area is 81.0 Å². The molecular weight excluding hydrogens is 195 g/mol. The standard InChI is InChI=1S/C8H8Cl2N2/c1-12-8(11)6-3-2-5(9)4-7(6)10/h2-4H,1H3,(H2,11,12). The van der Waals surface area contributed by atoms with E-state index in [9.17, 15) is 0 Å². The molecule has 12 heavy (non-hydrogen) atoms. The van der Waals surface area contributed by atoms with Gasteiger partial charge in [-0.2, -0.15) is 0 Å². The molecule has 0 aliphatic carbocycles. The summed E-state index contributed by atoms with van der Waals surface area (Å²) in [6.07, 6.45) is 0. The van der Waals surface area contributed by atoms with Crippen molar-refractivity contribution in [1.82, 2.24) is 0 Å². The lowest BCUT2D eigenvalue weighted by atomic mass is 10.2. The van der Waals surface area contributed by atoms with Crippen LogP contribution in [0.1, 0.15) is 5.56 Å². The average Bonchev–Trinajstić information content (AvgIpc) is 2.03. The van der Waals surface area contributed by atoms with Crippen molar-refractivity contribution >= 4 is 29.0 Å². The summed E-state index contributed by atoms with van der Waals surface area (Å²) in [5, 5.41) is 1.11. The second-order valence-corrected chi connectivity index (χ2v) is 3.08. The van der Waals surface area contributed by atoms with E-state index in [1.54, 1.807) is 25.2 Å². The molecule has 0 fully saturated rings. The lowest BCUT2D eigenvalue weighted by molar-refractivity contribution is 1.39. The first kappa shape index (κ1) is 9.36. The van der Waals surface area contributed by atoms with Crippen LogP contribution < -0.4 is 5.73 Å². The lowest BCUT2D eigenvalue weighted by Crippen LogP contribution is -2.13.